The number of hydrogen-bond acceptors (Lipinski definition) is 6. The van der Waals surface area contributed by atoms with E-state index in [0.29, 0.717) is 5.13 Å². The van der Waals surface area contributed by atoms with Gasteiger partial charge in [-0.2, -0.15) is 0 Å². The zero-order chi connectivity index (χ0) is 20.0. The maximum atomic E-state index is 13.3. The minimum Gasteiger partial charge on any atom is -0.299 e. The summed E-state index contributed by atoms with van der Waals surface area (Å²) in [5, 5.41) is 10.7. The van der Waals surface area contributed by atoms with E-state index >= 15 is 0 Å². The highest BCUT2D eigenvalue weighted by atomic mass is 32.1. The molecule has 0 unspecified atom stereocenters. The molecule has 4 aliphatic rings. The number of hydrogen-bond donors (Lipinski definition) is 1. The van der Waals surface area contributed by atoms with Gasteiger partial charge in [0.15, 0.2) is 0 Å². The van der Waals surface area contributed by atoms with E-state index in [2.05, 4.69) is 27.7 Å². The summed E-state index contributed by atoms with van der Waals surface area (Å²) in [6.07, 6.45) is 6.28. The van der Waals surface area contributed by atoms with Gasteiger partial charge in [-0.05, 0) is 30.2 Å². The van der Waals surface area contributed by atoms with E-state index in [0.717, 1.165) is 18.4 Å². The summed E-state index contributed by atoms with van der Waals surface area (Å²) in [6.45, 7) is 0. The molecule has 29 heavy (non-hydrogen) atoms. The average Bonchev–Trinajstić information content (AvgIpc) is 3.35. The van der Waals surface area contributed by atoms with E-state index in [-0.39, 0.29) is 41.9 Å². The molecule has 2 bridgehead atoms. The van der Waals surface area contributed by atoms with Gasteiger partial charge in [-0.3, -0.25) is 24.6 Å². The molecule has 1 saturated carbocycles. The summed E-state index contributed by atoms with van der Waals surface area (Å²) >= 11 is 1.20. The summed E-state index contributed by atoms with van der Waals surface area (Å²) in [6, 6.07) is 8.54. The van der Waals surface area contributed by atoms with Crippen molar-refractivity contribution in [1.82, 2.24) is 15.1 Å². The molecule has 2 aromatic rings. The molecule has 6 rings (SSSR count). The number of rotatable bonds is 5. The van der Waals surface area contributed by atoms with Crippen LogP contribution in [0.15, 0.2) is 48.0 Å². The Morgan fingerprint density at radius 2 is 1.76 bits per heavy atom. The van der Waals surface area contributed by atoms with Gasteiger partial charge in [0, 0.05) is 6.42 Å². The maximum Gasteiger partial charge on any atom is 0.249 e. The van der Waals surface area contributed by atoms with Gasteiger partial charge in [-0.15, -0.1) is 10.2 Å². The van der Waals surface area contributed by atoms with E-state index in [4.69, 9.17) is 0 Å². The number of aromatic nitrogens is 2. The van der Waals surface area contributed by atoms with Crippen LogP contribution in [0.3, 0.4) is 0 Å². The van der Waals surface area contributed by atoms with Gasteiger partial charge in [-0.25, -0.2) is 0 Å². The number of imide groups is 1. The number of carbonyl (C=O) groups is 3. The molecular formula is C21H20N4O3S. The van der Waals surface area contributed by atoms with Gasteiger partial charge in [0.05, 0.1) is 11.8 Å². The van der Waals surface area contributed by atoms with Crippen LogP contribution in [0.4, 0.5) is 5.13 Å². The first-order chi connectivity index (χ1) is 14.1. The highest BCUT2D eigenvalue weighted by molar-refractivity contribution is 7.13. The first kappa shape index (κ1) is 18.2. The van der Waals surface area contributed by atoms with Crippen LogP contribution in [0.1, 0.15) is 18.4 Å². The van der Waals surface area contributed by atoms with Crippen LogP contribution >= 0.6 is 11.3 Å². The number of nitrogens with one attached hydrogen (secondary N) is 1. The predicted octanol–water partition coefficient (Wildman–Crippen LogP) is 2.29. The molecule has 1 N–H and O–H groups in total. The quantitative estimate of drug-likeness (QED) is 0.605. The molecule has 3 amide bonds. The van der Waals surface area contributed by atoms with E-state index in [1.54, 1.807) is 0 Å². The first-order valence-corrected chi connectivity index (χ1v) is 10.7. The Hall–Kier alpha value is -2.87. The standard InChI is InChI=1S/C21H20N4O3S/c26-18(23-21-24-22-11-29-21)15(10-12-4-2-1-3-5-12)25-19(27)16-13-6-7-14(9-8-13)17(16)20(25)28/h1-7,11,13-17H,8-10H2,(H,23,24,26)/t13-,14-,15-,16-,17-/m0/s1. The molecule has 2 fully saturated rings. The van der Waals surface area contributed by atoms with Gasteiger partial charge in [-0.1, -0.05) is 53.8 Å². The molecule has 1 aromatic carbocycles. The minimum absolute atomic E-state index is 0.0926. The van der Waals surface area contributed by atoms with E-state index in [9.17, 15) is 14.4 Å². The van der Waals surface area contributed by atoms with Crippen LogP contribution in [-0.2, 0) is 20.8 Å². The van der Waals surface area contributed by atoms with Crippen molar-refractivity contribution in [3.63, 3.8) is 0 Å². The van der Waals surface area contributed by atoms with Gasteiger partial charge in [0.1, 0.15) is 11.6 Å². The molecule has 8 heteroatoms. The topological polar surface area (TPSA) is 92.3 Å². The van der Waals surface area contributed by atoms with Crippen LogP contribution in [0.5, 0.6) is 0 Å². The van der Waals surface area contributed by atoms with Crippen molar-refractivity contribution in [2.45, 2.75) is 25.3 Å². The van der Waals surface area contributed by atoms with Gasteiger partial charge in [0.25, 0.3) is 0 Å². The van der Waals surface area contributed by atoms with Crippen molar-refractivity contribution in [3.8, 4) is 0 Å². The molecule has 7 nitrogen and oxygen atoms in total. The average molecular weight is 408 g/mol. The third-order valence-electron chi connectivity index (χ3n) is 6.27. The Bertz CT molecular complexity index is 943. The van der Waals surface area contributed by atoms with Crippen LogP contribution in [0.2, 0.25) is 0 Å². The van der Waals surface area contributed by atoms with Crippen molar-refractivity contribution in [2.24, 2.45) is 23.7 Å². The fourth-order valence-corrected chi connectivity index (χ4v) is 5.41. The SMILES string of the molecule is O=C(Nc1nncs1)[C@H](Cc1ccccc1)N1C(=O)[C@@H]2[C@@H](C1=O)[C@H]1C=C[C@H]2CC1. The molecule has 0 spiro atoms. The fraction of sp³-hybridized carbons (Fsp3) is 0.381. The number of likely N-dealkylation sites (tertiary alicyclic amines) is 1. The highest BCUT2D eigenvalue weighted by Gasteiger charge is 2.58. The molecule has 1 saturated heterocycles. The summed E-state index contributed by atoms with van der Waals surface area (Å²) < 4.78 is 0. The number of anilines is 1. The third-order valence-corrected chi connectivity index (χ3v) is 6.88. The van der Waals surface area contributed by atoms with Gasteiger partial charge >= 0.3 is 0 Å². The normalized spacial score (nSPS) is 28.5. The molecule has 2 heterocycles. The molecule has 1 aromatic heterocycles. The lowest BCUT2D eigenvalue weighted by Gasteiger charge is -2.38. The largest absolute Gasteiger partial charge is 0.299 e. The molecule has 148 valence electrons. The van der Waals surface area contributed by atoms with Gasteiger partial charge < -0.3 is 0 Å². The van der Waals surface area contributed by atoms with E-state index < -0.39 is 11.9 Å². The third kappa shape index (κ3) is 3.07. The number of benzene rings is 1. The second-order valence-electron chi connectivity index (χ2n) is 7.83. The zero-order valence-electron chi connectivity index (χ0n) is 15.6. The van der Waals surface area contributed by atoms with Gasteiger partial charge in [0.2, 0.25) is 22.9 Å². The Balaban J connectivity index is 1.48. The number of allylic oxidation sites excluding steroid dienone is 2. The second-order valence-corrected chi connectivity index (χ2v) is 8.66. The summed E-state index contributed by atoms with van der Waals surface area (Å²) in [7, 11) is 0. The molecule has 1 aliphatic heterocycles. The fourth-order valence-electron chi connectivity index (χ4n) is 4.96. The van der Waals surface area contributed by atoms with Crippen LogP contribution < -0.4 is 5.32 Å². The van der Waals surface area contributed by atoms with Crippen molar-refractivity contribution in [1.29, 1.82) is 0 Å². The summed E-state index contributed by atoms with van der Waals surface area (Å²) in [5.41, 5.74) is 2.41. The van der Waals surface area contributed by atoms with E-state index in [1.165, 1.54) is 21.7 Å². The van der Waals surface area contributed by atoms with Crippen LogP contribution in [-0.4, -0.2) is 38.9 Å². The second kappa shape index (κ2) is 7.18. The first-order valence-electron chi connectivity index (χ1n) is 9.79. The number of amides is 3. The van der Waals surface area contributed by atoms with Crippen LogP contribution in [0.25, 0.3) is 0 Å². The van der Waals surface area contributed by atoms with Crippen molar-refractivity contribution < 1.29 is 14.4 Å². The smallest absolute Gasteiger partial charge is 0.249 e. The lowest BCUT2D eigenvalue weighted by Crippen LogP contribution is -2.49. The molecule has 3 aliphatic carbocycles. The molecule has 5 atom stereocenters. The molecule has 0 radical (unpaired) electrons. The predicted molar refractivity (Wildman–Crippen MR) is 107 cm³/mol. The lowest BCUT2D eigenvalue weighted by molar-refractivity contribution is -0.146. The highest BCUT2D eigenvalue weighted by Crippen LogP contribution is 2.50. The Kier molecular flexibility index (Phi) is 4.50. The zero-order valence-corrected chi connectivity index (χ0v) is 16.4. The van der Waals surface area contributed by atoms with Crippen molar-refractivity contribution in [3.05, 3.63) is 53.6 Å². The van der Waals surface area contributed by atoms with Crippen molar-refractivity contribution >= 4 is 34.2 Å². The Morgan fingerprint density at radius 1 is 1.10 bits per heavy atom. The number of carbonyl (C=O) groups excluding carboxylic acids is 3. The van der Waals surface area contributed by atoms with Crippen LogP contribution in [0, 0.1) is 23.7 Å². The number of fused-ring (bicyclic) bond motifs is 1. The molecular weight excluding hydrogens is 388 g/mol. The summed E-state index contributed by atoms with van der Waals surface area (Å²) in [4.78, 5) is 41.1. The van der Waals surface area contributed by atoms with Crippen molar-refractivity contribution in [2.75, 3.05) is 5.32 Å². The Morgan fingerprint density at radius 3 is 2.31 bits per heavy atom. The monoisotopic (exact) mass is 408 g/mol. The minimum atomic E-state index is -0.911. The number of nitrogens with zero attached hydrogens (tertiary/aromatic N) is 3. The lowest BCUT2D eigenvalue weighted by atomic mass is 9.63. The summed E-state index contributed by atoms with van der Waals surface area (Å²) in [5.74, 6) is -1.33. The van der Waals surface area contributed by atoms with E-state index in [1.807, 2.05) is 30.3 Å². The maximum absolute atomic E-state index is 13.3. The Labute approximate surface area is 171 Å².